The normalized spacial score (nSPS) is 17.8. The average Bonchev–Trinajstić information content (AvgIpc) is 2.65. The Balaban J connectivity index is 2.22. The van der Waals surface area contributed by atoms with Crippen molar-refractivity contribution in [1.82, 2.24) is 0 Å². The molecule has 1 aliphatic heterocycles. The maximum atomic E-state index is 12.9. The van der Waals surface area contributed by atoms with Crippen molar-refractivity contribution in [3.05, 3.63) is 64.7 Å². The van der Waals surface area contributed by atoms with E-state index >= 15 is 0 Å². The molecule has 0 spiro atoms. The molecule has 2 aromatic carbocycles. The van der Waals surface area contributed by atoms with Crippen LogP contribution in [0.1, 0.15) is 11.1 Å². The van der Waals surface area contributed by atoms with E-state index in [4.69, 9.17) is 21.0 Å². The van der Waals surface area contributed by atoms with Gasteiger partial charge in [-0.3, -0.25) is 4.79 Å². The molecular formula is C19H21ClN2O2Si. The van der Waals surface area contributed by atoms with Crippen molar-refractivity contribution < 1.29 is 9.22 Å². The number of halogens is 1. The molecule has 1 atom stereocenters. The fourth-order valence-electron chi connectivity index (χ4n) is 2.75. The maximum absolute atomic E-state index is 12.9. The first-order chi connectivity index (χ1) is 11.8. The molecule has 1 heterocycles. The SMILES string of the molecule is CN1C(=O)C(O[Si](C)(C)C)N=C(c2ccccc2)c2cc(Cl)ccc21. The third kappa shape index (κ3) is 3.84. The van der Waals surface area contributed by atoms with Gasteiger partial charge in [-0.05, 0) is 37.8 Å². The van der Waals surface area contributed by atoms with Gasteiger partial charge in [0, 0.05) is 23.2 Å². The summed E-state index contributed by atoms with van der Waals surface area (Å²) in [6, 6.07) is 15.3. The van der Waals surface area contributed by atoms with Crippen LogP contribution in [0.5, 0.6) is 0 Å². The predicted molar refractivity (Wildman–Crippen MR) is 105 cm³/mol. The van der Waals surface area contributed by atoms with Gasteiger partial charge in [-0.2, -0.15) is 0 Å². The number of hydrogen-bond donors (Lipinski definition) is 0. The Labute approximate surface area is 154 Å². The molecule has 0 aliphatic carbocycles. The van der Waals surface area contributed by atoms with Gasteiger partial charge >= 0.3 is 0 Å². The molecule has 0 fully saturated rings. The first-order valence-electron chi connectivity index (χ1n) is 8.15. The lowest BCUT2D eigenvalue weighted by molar-refractivity contribution is -0.124. The van der Waals surface area contributed by atoms with Crippen LogP contribution in [0.15, 0.2) is 53.5 Å². The molecule has 6 heteroatoms. The average molecular weight is 373 g/mol. The summed E-state index contributed by atoms with van der Waals surface area (Å²) in [6.07, 6.45) is -0.849. The van der Waals surface area contributed by atoms with Crippen molar-refractivity contribution in [2.24, 2.45) is 4.99 Å². The lowest BCUT2D eigenvalue weighted by Crippen LogP contribution is -2.42. The van der Waals surface area contributed by atoms with Crippen LogP contribution in [-0.4, -0.2) is 33.2 Å². The molecule has 3 rings (SSSR count). The molecule has 130 valence electrons. The minimum atomic E-state index is -1.96. The number of benzodiazepines with no additional fused rings is 1. The minimum absolute atomic E-state index is 0.170. The van der Waals surface area contributed by atoms with Crippen LogP contribution in [0, 0.1) is 0 Å². The van der Waals surface area contributed by atoms with Gasteiger partial charge in [0.15, 0.2) is 8.32 Å². The van der Waals surface area contributed by atoms with Gasteiger partial charge in [0.05, 0.1) is 11.4 Å². The van der Waals surface area contributed by atoms with E-state index in [-0.39, 0.29) is 5.91 Å². The number of aliphatic imine (C=N–C) groups is 1. The molecular weight excluding hydrogens is 352 g/mol. The van der Waals surface area contributed by atoms with E-state index in [2.05, 4.69) is 0 Å². The largest absolute Gasteiger partial charge is 0.389 e. The Morgan fingerprint density at radius 1 is 1.12 bits per heavy atom. The smallest absolute Gasteiger partial charge is 0.277 e. The van der Waals surface area contributed by atoms with Crippen molar-refractivity contribution in [1.29, 1.82) is 0 Å². The van der Waals surface area contributed by atoms with E-state index in [1.54, 1.807) is 18.0 Å². The van der Waals surface area contributed by atoms with Gasteiger partial charge < -0.3 is 9.33 Å². The van der Waals surface area contributed by atoms with Crippen molar-refractivity contribution in [3.8, 4) is 0 Å². The van der Waals surface area contributed by atoms with E-state index in [1.165, 1.54) is 0 Å². The lowest BCUT2D eigenvalue weighted by Gasteiger charge is -2.25. The lowest BCUT2D eigenvalue weighted by atomic mass is 10.0. The first kappa shape index (κ1) is 17.9. The summed E-state index contributed by atoms with van der Waals surface area (Å²) in [4.78, 5) is 19.3. The topological polar surface area (TPSA) is 41.9 Å². The second-order valence-electron chi connectivity index (χ2n) is 6.99. The molecule has 4 nitrogen and oxygen atoms in total. The van der Waals surface area contributed by atoms with E-state index < -0.39 is 14.5 Å². The number of benzene rings is 2. The van der Waals surface area contributed by atoms with Crippen molar-refractivity contribution >= 4 is 37.2 Å². The summed E-state index contributed by atoms with van der Waals surface area (Å²) in [6.45, 7) is 6.15. The Hall–Kier alpha value is -1.95. The highest BCUT2D eigenvalue weighted by Gasteiger charge is 2.33. The molecule has 0 saturated heterocycles. The Bertz CT molecular complexity index is 831. The quantitative estimate of drug-likeness (QED) is 0.752. The number of carbonyl (C=O) groups is 1. The van der Waals surface area contributed by atoms with E-state index in [1.807, 2.05) is 62.1 Å². The fourth-order valence-corrected chi connectivity index (χ4v) is 3.75. The third-order valence-electron chi connectivity index (χ3n) is 3.88. The highest BCUT2D eigenvalue weighted by molar-refractivity contribution is 6.70. The van der Waals surface area contributed by atoms with Crippen LogP contribution in [0.3, 0.4) is 0 Å². The molecule has 1 aliphatic rings. The standard InChI is InChI=1S/C19H21ClN2O2Si/c1-22-16-11-10-14(20)12-15(16)17(13-8-6-5-7-9-13)21-18(19(22)23)24-25(2,3)4/h5-12,18H,1-4H3. The molecule has 0 saturated carbocycles. The van der Waals surface area contributed by atoms with Gasteiger partial charge in [-0.1, -0.05) is 41.9 Å². The molecule has 1 amide bonds. The van der Waals surface area contributed by atoms with Crippen LogP contribution >= 0.6 is 11.6 Å². The molecule has 0 bridgehead atoms. The number of carbonyl (C=O) groups excluding carboxylic acids is 1. The highest BCUT2D eigenvalue weighted by atomic mass is 35.5. The van der Waals surface area contributed by atoms with Crippen molar-refractivity contribution in [2.75, 3.05) is 11.9 Å². The number of nitrogens with zero attached hydrogens (tertiary/aromatic N) is 2. The fraction of sp³-hybridized carbons (Fsp3) is 0.263. The summed E-state index contributed by atoms with van der Waals surface area (Å²) in [7, 11) is -0.215. The molecule has 0 aromatic heterocycles. The van der Waals surface area contributed by atoms with E-state index in [9.17, 15) is 4.79 Å². The highest BCUT2D eigenvalue weighted by Crippen LogP contribution is 2.31. The number of fused-ring (bicyclic) bond motifs is 1. The van der Waals surface area contributed by atoms with Gasteiger partial charge in [0.25, 0.3) is 5.91 Å². The molecule has 1 unspecified atom stereocenters. The van der Waals surface area contributed by atoms with Crippen LogP contribution in [0.4, 0.5) is 5.69 Å². The zero-order valence-corrected chi connectivity index (χ0v) is 16.5. The number of anilines is 1. The summed E-state index contributed by atoms with van der Waals surface area (Å²) in [5, 5.41) is 0.604. The minimum Gasteiger partial charge on any atom is -0.389 e. The second-order valence-corrected chi connectivity index (χ2v) is 11.9. The summed E-state index contributed by atoms with van der Waals surface area (Å²) in [5.41, 5.74) is 3.26. The maximum Gasteiger partial charge on any atom is 0.277 e. The number of likely N-dealkylation sites (N-methyl/N-ethyl adjacent to an activating group) is 1. The van der Waals surface area contributed by atoms with Gasteiger partial charge in [0.2, 0.25) is 6.23 Å². The van der Waals surface area contributed by atoms with Crippen LogP contribution < -0.4 is 4.90 Å². The third-order valence-corrected chi connectivity index (χ3v) is 5.04. The molecule has 0 N–H and O–H groups in total. The number of rotatable bonds is 3. The zero-order chi connectivity index (χ0) is 18.2. The Morgan fingerprint density at radius 3 is 2.44 bits per heavy atom. The molecule has 25 heavy (non-hydrogen) atoms. The van der Waals surface area contributed by atoms with Crippen LogP contribution in [0.25, 0.3) is 0 Å². The molecule has 2 aromatic rings. The van der Waals surface area contributed by atoms with Crippen molar-refractivity contribution in [2.45, 2.75) is 25.9 Å². The zero-order valence-electron chi connectivity index (χ0n) is 14.8. The first-order valence-corrected chi connectivity index (χ1v) is 11.9. The van der Waals surface area contributed by atoms with Crippen molar-refractivity contribution in [3.63, 3.8) is 0 Å². The van der Waals surface area contributed by atoms with E-state index in [0.29, 0.717) is 5.02 Å². The number of hydrogen-bond acceptors (Lipinski definition) is 3. The second kappa shape index (κ2) is 6.75. The van der Waals surface area contributed by atoms with Gasteiger partial charge in [-0.25, -0.2) is 4.99 Å². The monoisotopic (exact) mass is 372 g/mol. The van der Waals surface area contributed by atoms with Gasteiger partial charge in [0.1, 0.15) is 0 Å². The van der Waals surface area contributed by atoms with Gasteiger partial charge in [-0.15, -0.1) is 0 Å². The Morgan fingerprint density at radius 2 is 1.80 bits per heavy atom. The van der Waals surface area contributed by atoms with E-state index in [0.717, 1.165) is 22.5 Å². The summed E-state index contributed by atoms with van der Waals surface area (Å²) in [5.74, 6) is -0.170. The van der Waals surface area contributed by atoms with Crippen LogP contribution in [0.2, 0.25) is 24.7 Å². The van der Waals surface area contributed by atoms with Crippen LogP contribution in [-0.2, 0) is 9.22 Å². The predicted octanol–water partition coefficient (Wildman–Crippen LogP) is 4.33. The Kier molecular flexibility index (Phi) is 4.82. The molecule has 0 radical (unpaired) electrons. The summed E-state index contributed by atoms with van der Waals surface area (Å²) < 4.78 is 6.08. The number of amides is 1. The summed E-state index contributed by atoms with van der Waals surface area (Å²) >= 11 is 6.23.